The second kappa shape index (κ2) is 5.84. The Kier molecular flexibility index (Phi) is 4.10. The summed E-state index contributed by atoms with van der Waals surface area (Å²) in [5.41, 5.74) is 0. The van der Waals surface area contributed by atoms with Gasteiger partial charge in [-0.3, -0.25) is 0 Å². The fourth-order valence-electron chi connectivity index (χ4n) is 1.87. The minimum absolute atomic E-state index is 0.532. The molecule has 0 saturated heterocycles. The molecule has 0 atom stereocenters. The Balaban J connectivity index is 2.04. The van der Waals surface area contributed by atoms with Gasteiger partial charge in [0.15, 0.2) is 0 Å². The lowest BCUT2D eigenvalue weighted by Crippen LogP contribution is -1.90. The van der Waals surface area contributed by atoms with Crippen molar-refractivity contribution in [2.45, 2.75) is 0 Å². The third kappa shape index (κ3) is 2.75. The molecule has 2 nitrogen and oxygen atoms in total. The lowest BCUT2D eigenvalue weighted by molar-refractivity contribution is 0.457. The first-order valence-corrected chi connectivity index (χ1v) is 8.19. The maximum Gasteiger partial charge on any atom is 0.233 e. The largest absolute Gasteiger partial charge is 0.437 e. The maximum atomic E-state index is 5.88. The Morgan fingerprint density at radius 3 is 2.55 bits per heavy atom. The summed E-state index contributed by atoms with van der Waals surface area (Å²) in [6, 6.07) is 14.0. The lowest BCUT2D eigenvalue weighted by Gasteiger charge is -2.10. The number of hydrogen-bond donors (Lipinski definition) is 0. The molecule has 1 heterocycles. The zero-order chi connectivity index (χ0) is 14.1. The van der Waals surface area contributed by atoms with Crippen molar-refractivity contribution < 1.29 is 4.74 Å². The number of benzene rings is 2. The van der Waals surface area contributed by atoms with Crippen LogP contribution in [0.5, 0.6) is 11.6 Å². The molecule has 0 aliphatic rings. The highest BCUT2D eigenvalue weighted by atomic mass is 79.9. The molecule has 0 bridgehead atoms. The summed E-state index contributed by atoms with van der Waals surface area (Å²) in [6.45, 7) is 0. The van der Waals surface area contributed by atoms with E-state index < -0.39 is 0 Å². The molecule has 20 heavy (non-hydrogen) atoms. The number of halogens is 3. The molecule has 0 radical (unpaired) electrons. The number of aromatic nitrogens is 1. The zero-order valence-corrected chi connectivity index (χ0v) is 14.9. The Labute approximate surface area is 141 Å². The number of ether oxygens (including phenoxy) is 1. The molecule has 2 aromatic carbocycles. The van der Waals surface area contributed by atoms with E-state index in [9.17, 15) is 0 Å². The Bertz CT molecular complexity index is 789. The Morgan fingerprint density at radius 2 is 1.75 bits per heavy atom. The van der Waals surface area contributed by atoms with Crippen molar-refractivity contribution in [2.75, 3.05) is 0 Å². The van der Waals surface area contributed by atoms with E-state index in [1.165, 1.54) is 0 Å². The summed E-state index contributed by atoms with van der Waals surface area (Å²) < 4.78 is 8.50. The summed E-state index contributed by atoms with van der Waals surface area (Å²) in [5.74, 6) is 1.27. The van der Waals surface area contributed by atoms with Crippen molar-refractivity contribution in [1.82, 2.24) is 4.98 Å². The van der Waals surface area contributed by atoms with E-state index in [-0.39, 0.29) is 0 Å². The molecule has 0 unspecified atom stereocenters. The van der Waals surface area contributed by atoms with Gasteiger partial charge in [0.25, 0.3) is 0 Å². The predicted molar refractivity (Wildman–Crippen MR) is 91.4 cm³/mol. The third-order valence-corrected chi connectivity index (χ3v) is 4.63. The second-order valence-electron chi connectivity index (χ2n) is 4.14. The number of pyridine rings is 1. The molecule has 3 rings (SSSR count). The van der Waals surface area contributed by atoms with E-state index in [4.69, 9.17) is 4.74 Å². The van der Waals surface area contributed by atoms with E-state index >= 15 is 0 Å². The molecule has 0 amide bonds. The van der Waals surface area contributed by atoms with Crippen molar-refractivity contribution in [3.05, 3.63) is 62.1 Å². The smallest absolute Gasteiger partial charge is 0.233 e. The normalized spacial score (nSPS) is 10.8. The SMILES string of the molecule is Brc1cnc(Oc2ccc3ccccc3c2Br)c(Br)c1. The van der Waals surface area contributed by atoms with Crippen LogP contribution in [0.2, 0.25) is 0 Å². The molecule has 100 valence electrons. The standard InChI is InChI=1S/C15H8Br3NO/c16-10-7-12(17)15(19-8-10)20-13-6-5-9-3-1-2-4-11(9)14(13)18/h1-8H. The van der Waals surface area contributed by atoms with Crippen molar-refractivity contribution in [2.24, 2.45) is 0 Å². The van der Waals surface area contributed by atoms with Crippen LogP contribution >= 0.6 is 47.8 Å². The van der Waals surface area contributed by atoms with Crippen LogP contribution in [0.4, 0.5) is 0 Å². The molecule has 3 aromatic rings. The van der Waals surface area contributed by atoms with Gasteiger partial charge in [0.2, 0.25) is 5.88 Å². The van der Waals surface area contributed by atoms with Gasteiger partial charge in [-0.25, -0.2) is 4.98 Å². The molecule has 0 N–H and O–H groups in total. The lowest BCUT2D eigenvalue weighted by atomic mass is 10.1. The minimum atomic E-state index is 0.532. The summed E-state index contributed by atoms with van der Waals surface area (Å²) in [4.78, 5) is 4.26. The quantitative estimate of drug-likeness (QED) is 0.449. The van der Waals surface area contributed by atoms with Crippen LogP contribution in [-0.4, -0.2) is 4.98 Å². The average Bonchev–Trinajstić information content (AvgIpc) is 2.45. The summed E-state index contributed by atoms with van der Waals surface area (Å²) in [6.07, 6.45) is 1.70. The van der Waals surface area contributed by atoms with Gasteiger partial charge in [-0.05, 0) is 70.7 Å². The number of rotatable bonds is 2. The van der Waals surface area contributed by atoms with Crippen molar-refractivity contribution in [1.29, 1.82) is 0 Å². The van der Waals surface area contributed by atoms with Crippen LogP contribution in [0, 0.1) is 0 Å². The summed E-state index contributed by atoms with van der Waals surface area (Å²) in [5, 5.41) is 2.27. The molecule has 0 spiro atoms. The molecular formula is C15H8Br3NO. The van der Waals surface area contributed by atoms with Crippen molar-refractivity contribution in [3.63, 3.8) is 0 Å². The van der Waals surface area contributed by atoms with Gasteiger partial charge in [-0.2, -0.15) is 0 Å². The molecular weight excluding hydrogens is 450 g/mol. The highest BCUT2D eigenvalue weighted by Gasteiger charge is 2.10. The molecule has 0 fully saturated rings. The van der Waals surface area contributed by atoms with Crippen LogP contribution in [0.3, 0.4) is 0 Å². The molecule has 0 aliphatic carbocycles. The zero-order valence-electron chi connectivity index (χ0n) is 10.1. The topological polar surface area (TPSA) is 22.1 Å². The van der Waals surface area contributed by atoms with Gasteiger partial charge in [-0.1, -0.05) is 30.3 Å². The van der Waals surface area contributed by atoms with E-state index in [1.807, 2.05) is 30.3 Å². The van der Waals surface area contributed by atoms with E-state index in [2.05, 4.69) is 64.9 Å². The first kappa shape index (κ1) is 14.0. The Hall–Kier alpha value is -0.910. The minimum Gasteiger partial charge on any atom is -0.437 e. The molecule has 0 aliphatic heterocycles. The number of nitrogens with zero attached hydrogens (tertiary/aromatic N) is 1. The van der Waals surface area contributed by atoms with E-state index in [1.54, 1.807) is 6.20 Å². The van der Waals surface area contributed by atoms with Crippen LogP contribution in [-0.2, 0) is 0 Å². The van der Waals surface area contributed by atoms with Gasteiger partial charge >= 0.3 is 0 Å². The highest BCUT2D eigenvalue weighted by Crippen LogP contribution is 2.37. The Morgan fingerprint density at radius 1 is 0.950 bits per heavy atom. The fourth-order valence-corrected chi connectivity index (χ4v) is 3.52. The fraction of sp³-hybridized carbons (Fsp3) is 0. The maximum absolute atomic E-state index is 5.88. The van der Waals surface area contributed by atoms with E-state index in [0.29, 0.717) is 5.88 Å². The second-order valence-corrected chi connectivity index (χ2v) is 6.70. The average molecular weight is 458 g/mol. The monoisotopic (exact) mass is 455 g/mol. The van der Waals surface area contributed by atoms with Crippen LogP contribution in [0.15, 0.2) is 62.1 Å². The third-order valence-electron chi connectivity index (χ3n) is 2.81. The number of fused-ring (bicyclic) bond motifs is 1. The van der Waals surface area contributed by atoms with Gasteiger partial charge in [-0.15, -0.1) is 0 Å². The van der Waals surface area contributed by atoms with Crippen molar-refractivity contribution in [3.8, 4) is 11.6 Å². The van der Waals surface area contributed by atoms with Crippen molar-refractivity contribution >= 4 is 58.6 Å². The van der Waals surface area contributed by atoms with Crippen LogP contribution < -0.4 is 4.74 Å². The van der Waals surface area contributed by atoms with Gasteiger partial charge < -0.3 is 4.74 Å². The van der Waals surface area contributed by atoms with Gasteiger partial charge in [0, 0.05) is 10.7 Å². The van der Waals surface area contributed by atoms with Gasteiger partial charge in [0.05, 0.1) is 8.95 Å². The molecule has 1 aromatic heterocycles. The summed E-state index contributed by atoms with van der Waals surface area (Å²) in [7, 11) is 0. The molecule has 0 saturated carbocycles. The number of hydrogen-bond acceptors (Lipinski definition) is 2. The van der Waals surface area contributed by atoms with E-state index in [0.717, 1.165) is 29.9 Å². The van der Waals surface area contributed by atoms with Crippen LogP contribution in [0.1, 0.15) is 0 Å². The van der Waals surface area contributed by atoms with Crippen LogP contribution in [0.25, 0.3) is 10.8 Å². The van der Waals surface area contributed by atoms with Gasteiger partial charge in [0.1, 0.15) is 5.75 Å². The first-order valence-electron chi connectivity index (χ1n) is 5.81. The molecule has 5 heteroatoms. The summed E-state index contributed by atoms with van der Waals surface area (Å²) >= 11 is 10.4. The first-order chi connectivity index (χ1) is 9.65. The highest BCUT2D eigenvalue weighted by molar-refractivity contribution is 9.11. The predicted octanol–water partition coefficient (Wildman–Crippen LogP) is 6.31.